The van der Waals surface area contributed by atoms with Gasteiger partial charge in [-0.05, 0) is 27.7 Å². The van der Waals surface area contributed by atoms with Gasteiger partial charge in [0.25, 0.3) is 0 Å². The van der Waals surface area contributed by atoms with E-state index in [1.165, 1.54) is 0 Å². The number of aliphatic hydroxyl groups excluding tert-OH is 2. The van der Waals surface area contributed by atoms with Crippen molar-refractivity contribution in [3.8, 4) is 0 Å². The van der Waals surface area contributed by atoms with Gasteiger partial charge in [-0.25, -0.2) is 4.79 Å². The third kappa shape index (κ3) is 2.75. The molecule has 0 saturated carbocycles. The Labute approximate surface area is 128 Å². The third-order valence-electron chi connectivity index (χ3n) is 4.04. The van der Waals surface area contributed by atoms with Crippen molar-refractivity contribution >= 4 is 5.97 Å². The van der Waals surface area contributed by atoms with Gasteiger partial charge in [-0.1, -0.05) is 0 Å². The lowest BCUT2D eigenvalue weighted by molar-refractivity contribution is -0.176. The van der Waals surface area contributed by atoms with Crippen molar-refractivity contribution in [1.82, 2.24) is 0 Å². The van der Waals surface area contributed by atoms with Crippen LogP contribution in [0.2, 0.25) is 0 Å². The van der Waals surface area contributed by atoms with Crippen LogP contribution in [0.4, 0.5) is 0 Å². The molecule has 8 heteroatoms. The van der Waals surface area contributed by atoms with Crippen LogP contribution < -0.4 is 0 Å². The minimum atomic E-state index is -1.57. The predicted octanol–water partition coefficient (Wildman–Crippen LogP) is -0.695. The Hall–Kier alpha value is -0.770. The molecule has 3 heterocycles. The quantitative estimate of drug-likeness (QED) is 0.645. The molecule has 126 valence electrons. The minimum absolute atomic E-state index is 0.299. The Bertz CT molecular complexity index is 462. The Kier molecular flexibility index (Phi) is 3.75. The Morgan fingerprint density at radius 2 is 1.59 bits per heavy atom. The fourth-order valence-electron chi connectivity index (χ4n) is 3.09. The first kappa shape index (κ1) is 16.1. The smallest absolute Gasteiger partial charge is 0.338 e. The second kappa shape index (κ2) is 5.12. The largest absolute Gasteiger partial charge is 0.455 e. The molecule has 3 rings (SSSR count). The number of ether oxygens (including phenoxy) is 5. The standard InChI is InChI=1S/C14H22O8/c1-13(2)18-5-6(20-13)9-11(22-14(3,4)21-9)10-7(15)8(16)12(17)19-10/h6-11,15-16H,5H2,1-4H3/t6-,7+,8+,9+,10+,11+/m1/s1. The van der Waals surface area contributed by atoms with Crippen LogP contribution in [-0.4, -0.2) is 71.0 Å². The molecule has 3 aliphatic rings. The summed E-state index contributed by atoms with van der Waals surface area (Å²) in [5.74, 6) is -2.53. The van der Waals surface area contributed by atoms with E-state index in [9.17, 15) is 15.0 Å². The molecule has 3 aliphatic heterocycles. The molecule has 0 aliphatic carbocycles. The van der Waals surface area contributed by atoms with Crippen LogP contribution in [0.15, 0.2) is 0 Å². The highest BCUT2D eigenvalue weighted by Gasteiger charge is 2.58. The number of carbonyl (C=O) groups is 1. The molecule has 2 N–H and O–H groups in total. The summed E-state index contributed by atoms with van der Waals surface area (Å²) in [5, 5.41) is 19.6. The summed E-state index contributed by atoms with van der Waals surface area (Å²) in [4.78, 5) is 11.5. The number of rotatable bonds is 2. The van der Waals surface area contributed by atoms with Crippen molar-refractivity contribution in [3.05, 3.63) is 0 Å². The zero-order valence-corrected chi connectivity index (χ0v) is 13.0. The molecule has 3 saturated heterocycles. The van der Waals surface area contributed by atoms with Crippen LogP contribution in [0.5, 0.6) is 0 Å². The molecule has 0 spiro atoms. The number of esters is 1. The SMILES string of the molecule is CC1(C)O[C@H]([C@H]2OC(=O)[C@@H](O)[C@@H]2O)[C@H]([C@H]2COC(C)(C)O2)O1. The van der Waals surface area contributed by atoms with Crippen LogP contribution in [0.1, 0.15) is 27.7 Å². The first-order chi connectivity index (χ1) is 10.1. The van der Waals surface area contributed by atoms with Gasteiger partial charge >= 0.3 is 5.97 Å². The van der Waals surface area contributed by atoms with Gasteiger partial charge in [-0.2, -0.15) is 0 Å². The van der Waals surface area contributed by atoms with Crippen LogP contribution in [0.25, 0.3) is 0 Å². The first-order valence-corrected chi connectivity index (χ1v) is 7.34. The number of cyclic esters (lactones) is 1. The lowest BCUT2D eigenvalue weighted by Crippen LogP contribution is -2.48. The van der Waals surface area contributed by atoms with Gasteiger partial charge < -0.3 is 33.9 Å². The summed E-state index contributed by atoms with van der Waals surface area (Å²) < 4.78 is 28.0. The molecular formula is C14H22O8. The van der Waals surface area contributed by atoms with Crippen molar-refractivity contribution in [1.29, 1.82) is 0 Å². The minimum Gasteiger partial charge on any atom is -0.455 e. The fourth-order valence-corrected chi connectivity index (χ4v) is 3.09. The topological polar surface area (TPSA) is 104 Å². The number of hydrogen-bond acceptors (Lipinski definition) is 8. The highest BCUT2D eigenvalue weighted by Crippen LogP contribution is 2.39. The third-order valence-corrected chi connectivity index (χ3v) is 4.04. The van der Waals surface area contributed by atoms with E-state index in [1.807, 2.05) is 0 Å². The van der Waals surface area contributed by atoms with Gasteiger partial charge in [0, 0.05) is 0 Å². The van der Waals surface area contributed by atoms with E-state index in [0.29, 0.717) is 6.61 Å². The summed E-state index contributed by atoms with van der Waals surface area (Å²) in [5.41, 5.74) is 0. The maximum Gasteiger partial charge on any atom is 0.338 e. The van der Waals surface area contributed by atoms with E-state index in [-0.39, 0.29) is 0 Å². The average molecular weight is 318 g/mol. The molecule has 22 heavy (non-hydrogen) atoms. The second-order valence-corrected chi connectivity index (χ2v) is 6.77. The van der Waals surface area contributed by atoms with Crippen molar-refractivity contribution in [2.75, 3.05) is 6.61 Å². The molecule has 0 aromatic heterocycles. The summed E-state index contributed by atoms with van der Waals surface area (Å²) in [7, 11) is 0. The van der Waals surface area contributed by atoms with Crippen LogP contribution >= 0.6 is 0 Å². The summed E-state index contributed by atoms with van der Waals surface area (Å²) in [6.07, 6.45) is -5.72. The summed E-state index contributed by atoms with van der Waals surface area (Å²) in [6, 6.07) is 0. The molecule has 0 aromatic rings. The molecule has 0 amide bonds. The number of aliphatic hydroxyl groups is 2. The van der Waals surface area contributed by atoms with E-state index in [1.54, 1.807) is 27.7 Å². The van der Waals surface area contributed by atoms with Gasteiger partial charge in [0.15, 0.2) is 23.8 Å². The highest BCUT2D eigenvalue weighted by atomic mass is 16.8. The number of hydrogen-bond donors (Lipinski definition) is 2. The van der Waals surface area contributed by atoms with Crippen molar-refractivity contribution in [3.63, 3.8) is 0 Å². The maximum atomic E-state index is 11.5. The van der Waals surface area contributed by atoms with Crippen LogP contribution in [-0.2, 0) is 28.5 Å². The highest BCUT2D eigenvalue weighted by molar-refractivity contribution is 5.77. The Morgan fingerprint density at radius 3 is 2.09 bits per heavy atom. The van der Waals surface area contributed by atoms with E-state index < -0.39 is 54.2 Å². The average Bonchev–Trinajstić information content (AvgIpc) is 3.00. The molecule has 6 atom stereocenters. The zero-order valence-electron chi connectivity index (χ0n) is 13.0. The monoisotopic (exact) mass is 318 g/mol. The summed E-state index contributed by atoms with van der Waals surface area (Å²) >= 11 is 0. The molecule has 3 fully saturated rings. The zero-order chi connectivity index (χ0) is 16.3. The normalized spacial score (nSPS) is 46.9. The Morgan fingerprint density at radius 1 is 0.955 bits per heavy atom. The van der Waals surface area contributed by atoms with Gasteiger partial charge in [-0.15, -0.1) is 0 Å². The molecule has 0 aromatic carbocycles. The lowest BCUT2D eigenvalue weighted by Gasteiger charge is -2.27. The Balaban J connectivity index is 1.81. The maximum absolute atomic E-state index is 11.5. The van der Waals surface area contributed by atoms with Crippen molar-refractivity contribution < 1.29 is 38.7 Å². The predicted molar refractivity (Wildman–Crippen MR) is 70.6 cm³/mol. The van der Waals surface area contributed by atoms with Crippen LogP contribution in [0, 0.1) is 0 Å². The van der Waals surface area contributed by atoms with E-state index in [2.05, 4.69) is 0 Å². The second-order valence-electron chi connectivity index (χ2n) is 6.77. The van der Waals surface area contributed by atoms with E-state index in [0.717, 1.165) is 0 Å². The van der Waals surface area contributed by atoms with Gasteiger partial charge in [0.2, 0.25) is 0 Å². The van der Waals surface area contributed by atoms with E-state index >= 15 is 0 Å². The molecule has 0 unspecified atom stereocenters. The summed E-state index contributed by atoms with van der Waals surface area (Å²) in [6.45, 7) is 7.32. The molecule has 0 bridgehead atoms. The van der Waals surface area contributed by atoms with Gasteiger partial charge in [0.05, 0.1) is 6.61 Å². The fraction of sp³-hybridized carbons (Fsp3) is 0.929. The van der Waals surface area contributed by atoms with Gasteiger partial charge in [0.1, 0.15) is 24.4 Å². The van der Waals surface area contributed by atoms with Gasteiger partial charge in [-0.3, -0.25) is 0 Å². The molecular weight excluding hydrogens is 296 g/mol. The number of carbonyl (C=O) groups excluding carboxylic acids is 1. The first-order valence-electron chi connectivity index (χ1n) is 7.34. The van der Waals surface area contributed by atoms with Crippen molar-refractivity contribution in [2.45, 2.75) is 75.9 Å². The molecule has 0 radical (unpaired) electrons. The van der Waals surface area contributed by atoms with E-state index in [4.69, 9.17) is 23.7 Å². The lowest BCUT2D eigenvalue weighted by atomic mass is 9.98. The van der Waals surface area contributed by atoms with Crippen molar-refractivity contribution in [2.24, 2.45) is 0 Å². The molecule has 8 nitrogen and oxygen atoms in total. The van der Waals surface area contributed by atoms with Crippen LogP contribution in [0.3, 0.4) is 0 Å².